The van der Waals surface area contributed by atoms with Crippen LogP contribution in [0.1, 0.15) is 36.7 Å². The summed E-state index contributed by atoms with van der Waals surface area (Å²) in [6, 6.07) is 15.2. The number of benzene rings is 2. The van der Waals surface area contributed by atoms with E-state index in [4.69, 9.17) is 10.5 Å². The smallest absolute Gasteiger partial charge is 0.256 e. The zero-order chi connectivity index (χ0) is 21.0. The summed E-state index contributed by atoms with van der Waals surface area (Å²) in [7, 11) is 0. The highest BCUT2D eigenvalue weighted by molar-refractivity contribution is 9.10. The molecule has 3 N–H and O–H groups in total. The average Bonchev–Trinajstić information content (AvgIpc) is 2.97. The quantitative estimate of drug-likeness (QED) is 0.501. The van der Waals surface area contributed by atoms with Gasteiger partial charge in [0.2, 0.25) is 0 Å². The van der Waals surface area contributed by atoms with Gasteiger partial charge >= 0.3 is 0 Å². The zero-order valence-electron chi connectivity index (χ0n) is 16.1. The molecule has 0 fully saturated rings. The number of aryl methyl sites for hydroxylation is 1. The topological polar surface area (TPSA) is 81.4 Å². The van der Waals surface area contributed by atoms with Gasteiger partial charge in [-0.05, 0) is 59.1 Å². The van der Waals surface area contributed by atoms with E-state index in [-0.39, 0.29) is 5.91 Å². The summed E-state index contributed by atoms with van der Waals surface area (Å²) < 4.78 is 6.51. The number of ether oxygens (including phenoxy) is 1. The second-order valence-corrected chi connectivity index (χ2v) is 8.61. The molecule has 7 heteroatoms. The maximum atomic E-state index is 12.7. The van der Waals surface area contributed by atoms with Crippen molar-refractivity contribution in [3.05, 3.63) is 80.1 Å². The third-order valence-corrected chi connectivity index (χ3v) is 6.29. The molecule has 29 heavy (non-hydrogen) atoms. The predicted octanol–water partition coefficient (Wildman–Crippen LogP) is 5.10. The molecule has 150 valence electrons. The van der Waals surface area contributed by atoms with Crippen LogP contribution >= 0.6 is 27.3 Å². The van der Waals surface area contributed by atoms with E-state index >= 15 is 0 Å². The van der Waals surface area contributed by atoms with Gasteiger partial charge < -0.3 is 15.8 Å². The van der Waals surface area contributed by atoms with Crippen molar-refractivity contribution in [1.29, 1.82) is 0 Å². The summed E-state index contributed by atoms with van der Waals surface area (Å²) in [5.41, 5.74) is 8.27. The van der Waals surface area contributed by atoms with E-state index in [1.54, 1.807) is 18.2 Å². The van der Waals surface area contributed by atoms with E-state index in [0.29, 0.717) is 33.0 Å². The number of amides is 2. The molecule has 0 unspecified atom stereocenters. The summed E-state index contributed by atoms with van der Waals surface area (Å²) >= 11 is 4.80. The standard InChI is InChI=1S/C22H21BrN2O3S/c1-13-14(2)29-22(19(13)20(24)26)25-21(27)16-8-9-18(17(23)12-16)28-11-10-15-6-4-3-5-7-15/h3-9,12H,10-11H2,1-2H3,(H2,24,26)(H,25,27). The van der Waals surface area contributed by atoms with Crippen molar-refractivity contribution in [3.63, 3.8) is 0 Å². The van der Waals surface area contributed by atoms with Gasteiger partial charge in [0.15, 0.2) is 0 Å². The molecule has 2 aromatic carbocycles. The Kier molecular flexibility index (Phi) is 6.71. The van der Waals surface area contributed by atoms with Crippen LogP contribution in [-0.2, 0) is 6.42 Å². The molecule has 0 saturated carbocycles. The molecule has 0 radical (unpaired) electrons. The van der Waals surface area contributed by atoms with Gasteiger partial charge in [-0.2, -0.15) is 0 Å². The first kappa shape index (κ1) is 21.1. The molecule has 0 aliphatic rings. The van der Waals surface area contributed by atoms with Crippen molar-refractivity contribution in [2.45, 2.75) is 20.3 Å². The summed E-state index contributed by atoms with van der Waals surface area (Å²) in [6.07, 6.45) is 0.794. The van der Waals surface area contributed by atoms with Gasteiger partial charge in [-0.15, -0.1) is 11.3 Å². The lowest BCUT2D eigenvalue weighted by Crippen LogP contribution is -2.17. The minimum Gasteiger partial charge on any atom is -0.492 e. The molecule has 3 aromatic rings. The first-order valence-corrected chi connectivity index (χ1v) is 10.6. The number of nitrogens with one attached hydrogen (secondary N) is 1. The molecule has 2 amide bonds. The SMILES string of the molecule is Cc1sc(NC(=O)c2ccc(OCCc3ccccc3)c(Br)c2)c(C(N)=O)c1C. The molecule has 0 aliphatic carbocycles. The lowest BCUT2D eigenvalue weighted by Gasteiger charge is -2.10. The van der Waals surface area contributed by atoms with Crippen LogP contribution in [0.5, 0.6) is 5.75 Å². The Bertz CT molecular complexity index is 1050. The molecule has 1 heterocycles. The number of thiophene rings is 1. The molecule has 0 aliphatic heterocycles. The van der Waals surface area contributed by atoms with E-state index in [2.05, 4.69) is 33.4 Å². The monoisotopic (exact) mass is 472 g/mol. The largest absolute Gasteiger partial charge is 0.492 e. The Balaban J connectivity index is 1.67. The van der Waals surface area contributed by atoms with Crippen molar-refractivity contribution in [3.8, 4) is 5.75 Å². The average molecular weight is 473 g/mol. The maximum Gasteiger partial charge on any atom is 0.256 e. The fraction of sp³-hybridized carbons (Fsp3) is 0.182. The van der Waals surface area contributed by atoms with E-state index < -0.39 is 5.91 Å². The fourth-order valence-electron chi connectivity index (χ4n) is 2.87. The molecule has 0 spiro atoms. The Morgan fingerprint density at radius 1 is 1.14 bits per heavy atom. The van der Waals surface area contributed by atoms with Crippen molar-refractivity contribution >= 4 is 44.1 Å². The molecule has 1 aromatic heterocycles. The number of hydrogen-bond donors (Lipinski definition) is 2. The van der Waals surface area contributed by atoms with Gasteiger partial charge in [0, 0.05) is 16.9 Å². The maximum absolute atomic E-state index is 12.7. The fourth-order valence-corrected chi connectivity index (χ4v) is 4.42. The zero-order valence-corrected chi connectivity index (χ0v) is 18.5. The summed E-state index contributed by atoms with van der Waals surface area (Å²) in [5.74, 6) is -0.200. The second-order valence-electron chi connectivity index (χ2n) is 6.54. The van der Waals surface area contributed by atoms with Crippen molar-refractivity contribution in [2.24, 2.45) is 5.73 Å². The van der Waals surface area contributed by atoms with E-state index in [9.17, 15) is 9.59 Å². The highest BCUT2D eigenvalue weighted by Crippen LogP contribution is 2.33. The van der Waals surface area contributed by atoms with Crippen LogP contribution in [-0.4, -0.2) is 18.4 Å². The molecule has 5 nitrogen and oxygen atoms in total. The van der Waals surface area contributed by atoms with Crippen LogP contribution in [0.4, 0.5) is 5.00 Å². The van der Waals surface area contributed by atoms with Gasteiger partial charge in [-0.1, -0.05) is 30.3 Å². The Morgan fingerprint density at radius 2 is 1.86 bits per heavy atom. The predicted molar refractivity (Wildman–Crippen MR) is 120 cm³/mol. The Morgan fingerprint density at radius 3 is 2.52 bits per heavy atom. The second kappa shape index (κ2) is 9.24. The van der Waals surface area contributed by atoms with Crippen LogP contribution in [0.25, 0.3) is 0 Å². The Labute approximate surface area is 182 Å². The minimum absolute atomic E-state index is 0.315. The van der Waals surface area contributed by atoms with Crippen LogP contribution in [0.3, 0.4) is 0 Å². The van der Waals surface area contributed by atoms with Crippen molar-refractivity contribution < 1.29 is 14.3 Å². The van der Waals surface area contributed by atoms with Crippen LogP contribution in [0, 0.1) is 13.8 Å². The number of halogens is 1. The summed E-state index contributed by atoms with van der Waals surface area (Å²) in [4.78, 5) is 25.3. The van der Waals surface area contributed by atoms with Gasteiger partial charge in [0.05, 0.1) is 16.6 Å². The van der Waals surface area contributed by atoms with Gasteiger partial charge in [0.1, 0.15) is 10.8 Å². The van der Waals surface area contributed by atoms with Crippen LogP contribution in [0.2, 0.25) is 0 Å². The molecule has 0 bridgehead atoms. The first-order chi connectivity index (χ1) is 13.9. The third-order valence-electron chi connectivity index (χ3n) is 4.54. The number of rotatable bonds is 7. The minimum atomic E-state index is -0.550. The number of nitrogens with two attached hydrogens (primary N) is 1. The lowest BCUT2D eigenvalue weighted by molar-refractivity contribution is 0.100. The summed E-state index contributed by atoms with van der Waals surface area (Å²) in [5, 5.41) is 3.27. The molecular formula is C22H21BrN2O3S. The number of carbonyl (C=O) groups is 2. The molecule has 0 atom stereocenters. The summed E-state index contributed by atoms with van der Waals surface area (Å²) in [6.45, 7) is 4.24. The number of carbonyl (C=O) groups excluding carboxylic acids is 2. The lowest BCUT2D eigenvalue weighted by atomic mass is 10.1. The van der Waals surface area contributed by atoms with Gasteiger partial charge in [-0.25, -0.2) is 0 Å². The van der Waals surface area contributed by atoms with E-state index in [1.807, 2.05) is 32.0 Å². The molecule has 3 rings (SSSR count). The number of hydrogen-bond acceptors (Lipinski definition) is 4. The highest BCUT2D eigenvalue weighted by Gasteiger charge is 2.20. The highest BCUT2D eigenvalue weighted by atomic mass is 79.9. The van der Waals surface area contributed by atoms with Gasteiger partial charge in [0.25, 0.3) is 11.8 Å². The van der Waals surface area contributed by atoms with Crippen LogP contribution < -0.4 is 15.8 Å². The number of anilines is 1. The van der Waals surface area contributed by atoms with Crippen molar-refractivity contribution in [2.75, 3.05) is 11.9 Å². The molecular weight excluding hydrogens is 452 g/mol. The normalized spacial score (nSPS) is 10.6. The van der Waals surface area contributed by atoms with E-state index in [0.717, 1.165) is 16.9 Å². The van der Waals surface area contributed by atoms with Crippen LogP contribution in [0.15, 0.2) is 53.0 Å². The van der Waals surface area contributed by atoms with E-state index in [1.165, 1.54) is 16.9 Å². The van der Waals surface area contributed by atoms with Gasteiger partial charge in [-0.3, -0.25) is 9.59 Å². The first-order valence-electron chi connectivity index (χ1n) is 9.04. The molecule has 0 saturated heterocycles. The van der Waals surface area contributed by atoms with Crippen molar-refractivity contribution in [1.82, 2.24) is 0 Å². The Hall–Kier alpha value is -2.64. The number of primary amides is 1. The third kappa shape index (κ3) is 5.05.